The van der Waals surface area contributed by atoms with Crippen LogP contribution in [0, 0.1) is 0 Å². The molecule has 0 bridgehead atoms. The van der Waals surface area contributed by atoms with Gasteiger partial charge in [0.05, 0.1) is 0 Å². The van der Waals surface area contributed by atoms with E-state index in [1.54, 1.807) is 24.3 Å². The van der Waals surface area contributed by atoms with E-state index in [0.717, 1.165) is 52.1 Å². The molecule has 0 aromatic heterocycles. The summed E-state index contributed by atoms with van der Waals surface area (Å²) in [5.41, 5.74) is 1.36. The van der Waals surface area contributed by atoms with Crippen LogP contribution in [0.1, 0.15) is 46.4 Å². The van der Waals surface area contributed by atoms with E-state index in [1.165, 1.54) is 12.8 Å². The predicted octanol–water partition coefficient (Wildman–Crippen LogP) is 2.09. The van der Waals surface area contributed by atoms with Crippen LogP contribution in [0.3, 0.4) is 0 Å². The van der Waals surface area contributed by atoms with Gasteiger partial charge in [-0.05, 0) is 44.2 Å². The molecular formula is C19H27N3O2. The van der Waals surface area contributed by atoms with Crippen molar-refractivity contribution >= 4 is 11.8 Å². The molecule has 24 heavy (non-hydrogen) atoms. The molecule has 5 heteroatoms. The number of piperazine rings is 1. The van der Waals surface area contributed by atoms with Gasteiger partial charge in [0.25, 0.3) is 11.8 Å². The van der Waals surface area contributed by atoms with Crippen LogP contribution in [0.5, 0.6) is 0 Å². The third-order valence-corrected chi connectivity index (χ3v) is 5.06. The van der Waals surface area contributed by atoms with Crippen LogP contribution in [0.2, 0.25) is 0 Å². The summed E-state index contributed by atoms with van der Waals surface area (Å²) >= 11 is 0. The van der Waals surface area contributed by atoms with Crippen LogP contribution in [-0.4, -0.2) is 72.8 Å². The first-order valence-electron chi connectivity index (χ1n) is 9.02. The molecule has 0 N–H and O–H groups in total. The Hall–Kier alpha value is -1.88. The normalized spacial score (nSPS) is 19.9. The second-order valence-electron chi connectivity index (χ2n) is 6.88. The summed E-state index contributed by atoms with van der Waals surface area (Å²) in [5.74, 6) is 0.160. The van der Waals surface area contributed by atoms with Gasteiger partial charge in [0.1, 0.15) is 0 Å². The molecule has 1 aromatic rings. The van der Waals surface area contributed by atoms with E-state index < -0.39 is 0 Å². The van der Waals surface area contributed by atoms with Gasteiger partial charge in [-0.3, -0.25) is 9.59 Å². The molecule has 0 radical (unpaired) electrons. The Morgan fingerprint density at radius 2 is 1.08 bits per heavy atom. The molecule has 2 saturated heterocycles. The molecule has 2 fully saturated rings. The van der Waals surface area contributed by atoms with Crippen LogP contribution in [0.25, 0.3) is 0 Å². The van der Waals surface area contributed by atoms with Crippen LogP contribution < -0.4 is 0 Å². The molecule has 0 unspecified atom stereocenters. The zero-order chi connectivity index (χ0) is 16.9. The number of rotatable bonds is 2. The number of hydrogen-bond donors (Lipinski definition) is 0. The van der Waals surface area contributed by atoms with Crippen molar-refractivity contribution in [2.45, 2.75) is 25.7 Å². The summed E-state index contributed by atoms with van der Waals surface area (Å²) < 4.78 is 0. The minimum Gasteiger partial charge on any atom is -0.339 e. The number of amides is 2. The third kappa shape index (κ3) is 3.96. The maximum Gasteiger partial charge on any atom is 0.253 e. The smallest absolute Gasteiger partial charge is 0.253 e. The van der Waals surface area contributed by atoms with Crippen molar-refractivity contribution in [3.63, 3.8) is 0 Å². The Morgan fingerprint density at radius 3 is 1.54 bits per heavy atom. The monoisotopic (exact) mass is 329 g/mol. The second-order valence-corrected chi connectivity index (χ2v) is 6.88. The molecule has 0 spiro atoms. The highest BCUT2D eigenvalue weighted by Crippen LogP contribution is 2.15. The van der Waals surface area contributed by atoms with E-state index in [9.17, 15) is 9.59 Å². The minimum absolute atomic E-state index is 0.0665. The van der Waals surface area contributed by atoms with Crippen molar-refractivity contribution in [2.24, 2.45) is 0 Å². The summed E-state index contributed by atoms with van der Waals surface area (Å²) in [6.07, 6.45) is 4.60. The van der Waals surface area contributed by atoms with Gasteiger partial charge in [-0.15, -0.1) is 0 Å². The average molecular weight is 329 g/mol. The number of hydrogen-bond acceptors (Lipinski definition) is 3. The minimum atomic E-state index is 0.0665. The van der Waals surface area contributed by atoms with E-state index in [2.05, 4.69) is 11.9 Å². The van der Waals surface area contributed by atoms with Gasteiger partial charge >= 0.3 is 0 Å². The molecule has 0 saturated carbocycles. The molecule has 130 valence electrons. The zero-order valence-electron chi connectivity index (χ0n) is 14.5. The highest BCUT2D eigenvalue weighted by molar-refractivity contribution is 5.97. The van der Waals surface area contributed by atoms with Crippen molar-refractivity contribution in [1.82, 2.24) is 14.7 Å². The van der Waals surface area contributed by atoms with E-state index in [-0.39, 0.29) is 11.8 Å². The fraction of sp³-hybridized carbons (Fsp3) is 0.579. The molecular weight excluding hydrogens is 302 g/mol. The summed E-state index contributed by atoms with van der Waals surface area (Å²) in [6, 6.07) is 7.20. The van der Waals surface area contributed by atoms with Gasteiger partial charge < -0.3 is 14.7 Å². The van der Waals surface area contributed by atoms with Gasteiger partial charge in [-0.2, -0.15) is 0 Å². The Bertz CT molecular complexity index is 569. The van der Waals surface area contributed by atoms with E-state index in [1.807, 2.05) is 9.80 Å². The zero-order valence-corrected chi connectivity index (χ0v) is 14.5. The van der Waals surface area contributed by atoms with Gasteiger partial charge in [0.15, 0.2) is 0 Å². The first kappa shape index (κ1) is 17.0. The van der Waals surface area contributed by atoms with Crippen LogP contribution >= 0.6 is 0 Å². The van der Waals surface area contributed by atoms with Crippen molar-refractivity contribution < 1.29 is 9.59 Å². The Morgan fingerprint density at radius 1 is 0.667 bits per heavy atom. The summed E-state index contributed by atoms with van der Waals surface area (Å²) in [7, 11) is 2.07. The topological polar surface area (TPSA) is 43.9 Å². The molecule has 0 atom stereocenters. The SMILES string of the molecule is CN1CCN(C(=O)c2ccc(C(=O)N3CCCCCC3)cc2)CC1. The maximum atomic E-state index is 12.6. The third-order valence-electron chi connectivity index (χ3n) is 5.06. The summed E-state index contributed by atoms with van der Waals surface area (Å²) in [4.78, 5) is 31.2. The molecule has 2 heterocycles. The van der Waals surface area contributed by atoms with Crippen molar-refractivity contribution in [3.8, 4) is 0 Å². The molecule has 3 rings (SSSR count). The number of likely N-dealkylation sites (N-methyl/N-ethyl adjacent to an activating group) is 1. The Labute approximate surface area is 144 Å². The summed E-state index contributed by atoms with van der Waals surface area (Å²) in [5, 5.41) is 0. The highest BCUT2D eigenvalue weighted by atomic mass is 16.2. The van der Waals surface area contributed by atoms with Crippen molar-refractivity contribution in [2.75, 3.05) is 46.3 Å². The summed E-state index contributed by atoms with van der Waals surface area (Å²) in [6.45, 7) is 5.06. The van der Waals surface area contributed by atoms with E-state index >= 15 is 0 Å². The van der Waals surface area contributed by atoms with E-state index in [4.69, 9.17) is 0 Å². The van der Waals surface area contributed by atoms with Crippen molar-refractivity contribution in [1.29, 1.82) is 0 Å². The number of benzene rings is 1. The number of carbonyl (C=O) groups excluding carboxylic acids is 2. The first-order chi connectivity index (χ1) is 11.6. The van der Waals surface area contributed by atoms with Gasteiger partial charge in [0, 0.05) is 50.4 Å². The van der Waals surface area contributed by atoms with E-state index in [0.29, 0.717) is 11.1 Å². The molecule has 2 aliphatic heterocycles. The van der Waals surface area contributed by atoms with Gasteiger partial charge in [0.2, 0.25) is 0 Å². The molecule has 1 aromatic carbocycles. The first-order valence-corrected chi connectivity index (χ1v) is 9.02. The average Bonchev–Trinajstić information content (AvgIpc) is 2.91. The van der Waals surface area contributed by atoms with Crippen LogP contribution in [0.15, 0.2) is 24.3 Å². The number of likely N-dealkylation sites (tertiary alicyclic amines) is 1. The van der Waals surface area contributed by atoms with Gasteiger partial charge in [-0.25, -0.2) is 0 Å². The second kappa shape index (κ2) is 7.79. The van der Waals surface area contributed by atoms with Gasteiger partial charge in [-0.1, -0.05) is 12.8 Å². The fourth-order valence-corrected chi connectivity index (χ4v) is 3.40. The highest BCUT2D eigenvalue weighted by Gasteiger charge is 2.21. The van der Waals surface area contributed by atoms with Crippen molar-refractivity contribution in [3.05, 3.63) is 35.4 Å². The lowest BCUT2D eigenvalue weighted by Gasteiger charge is -2.32. The fourth-order valence-electron chi connectivity index (χ4n) is 3.40. The maximum absolute atomic E-state index is 12.6. The number of carbonyl (C=O) groups is 2. The lowest BCUT2D eigenvalue weighted by atomic mass is 10.1. The largest absolute Gasteiger partial charge is 0.339 e. The molecule has 2 amide bonds. The quantitative estimate of drug-likeness (QED) is 0.834. The van der Waals surface area contributed by atoms with Crippen LogP contribution in [-0.2, 0) is 0 Å². The molecule has 5 nitrogen and oxygen atoms in total. The standard InChI is InChI=1S/C19H27N3O2/c1-20-12-14-22(15-13-20)19(24)17-8-6-16(7-9-17)18(23)21-10-4-2-3-5-11-21/h6-9H,2-5,10-15H2,1H3. The molecule has 0 aliphatic carbocycles. The molecule has 2 aliphatic rings. The Kier molecular flexibility index (Phi) is 5.51. The lowest BCUT2D eigenvalue weighted by molar-refractivity contribution is 0.0662. The number of nitrogens with zero attached hydrogens (tertiary/aromatic N) is 3. The predicted molar refractivity (Wildman–Crippen MR) is 94.2 cm³/mol. The lowest BCUT2D eigenvalue weighted by Crippen LogP contribution is -2.47. The van der Waals surface area contributed by atoms with Crippen LogP contribution in [0.4, 0.5) is 0 Å². The Balaban J connectivity index is 1.64.